The Balaban J connectivity index is 2.67. The molecule has 0 saturated carbocycles. The van der Waals surface area contributed by atoms with Crippen molar-refractivity contribution in [2.45, 2.75) is 26.8 Å². The summed E-state index contributed by atoms with van der Waals surface area (Å²) in [6.45, 7) is 7.11. The third-order valence-electron chi connectivity index (χ3n) is 2.60. The molecule has 1 rings (SSSR count). The van der Waals surface area contributed by atoms with Crippen molar-refractivity contribution in [3.63, 3.8) is 0 Å². The molecule has 0 fully saturated rings. The van der Waals surface area contributed by atoms with Crippen LogP contribution in [0.2, 0.25) is 0 Å². The highest BCUT2D eigenvalue weighted by atomic mass is 15.1. The van der Waals surface area contributed by atoms with E-state index >= 15 is 0 Å². The first-order chi connectivity index (χ1) is 7.67. The highest BCUT2D eigenvalue weighted by molar-refractivity contribution is 5.20. The largest absolute Gasteiger partial charge is 0.318 e. The van der Waals surface area contributed by atoms with E-state index < -0.39 is 0 Å². The van der Waals surface area contributed by atoms with Crippen LogP contribution in [0.4, 0.5) is 0 Å². The van der Waals surface area contributed by atoms with Crippen molar-refractivity contribution in [2.75, 3.05) is 27.2 Å². The number of hydrogen-bond acceptors (Lipinski definition) is 4. The summed E-state index contributed by atoms with van der Waals surface area (Å²) in [6, 6.07) is 2.14. The molecule has 0 unspecified atom stereocenters. The summed E-state index contributed by atoms with van der Waals surface area (Å²) in [5, 5.41) is 11.5. The van der Waals surface area contributed by atoms with E-state index in [1.165, 1.54) is 5.56 Å². The minimum absolute atomic E-state index is 0.946. The third kappa shape index (κ3) is 3.87. The van der Waals surface area contributed by atoms with E-state index in [1.807, 2.05) is 14.0 Å². The van der Waals surface area contributed by atoms with Crippen LogP contribution in [0.15, 0.2) is 6.07 Å². The van der Waals surface area contributed by atoms with Gasteiger partial charge in [0, 0.05) is 19.6 Å². The molecule has 0 atom stereocenters. The van der Waals surface area contributed by atoms with Crippen LogP contribution in [-0.4, -0.2) is 42.3 Å². The molecule has 90 valence electrons. The van der Waals surface area contributed by atoms with Crippen LogP contribution in [0.3, 0.4) is 0 Å². The fourth-order valence-corrected chi connectivity index (χ4v) is 1.67. The van der Waals surface area contributed by atoms with Gasteiger partial charge in [0.15, 0.2) is 0 Å². The summed E-state index contributed by atoms with van der Waals surface area (Å²) in [5.41, 5.74) is 3.41. The van der Waals surface area contributed by atoms with Crippen LogP contribution in [-0.2, 0) is 13.0 Å². The summed E-state index contributed by atoms with van der Waals surface area (Å²) in [7, 11) is 4.11. The zero-order valence-electron chi connectivity index (χ0n) is 10.7. The average molecular weight is 222 g/mol. The molecule has 1 N–H and O–H groups in total. The highest BCUT2D eigenvalue weighted by Gasteiger charge is 2.06. The second-order valence-corrected chi connectivity index (χ2v) is 4.15. The van der Waals surface area contributed by atoms with E-state index in [2.05, 4.69) is 40.5 Å². The maximum atomic E-state index is 4.24. The fraction of sp³-hybridized carbons (Fsp3) is 0.667. The minimum Gasteiger partial charge on any atom is -0.318 e. The Morgan fingerprint density at radius 1 is 1.38 bits per heavy atom. The maximum absolute atomic E-state index is 4.24. The lowest BCUT2D eigenvalue weighted by Gasteiger charge is -2.17. The molecule has 4 nitrogen and oxygen atoms in total. The first kappa shape index (κ1) is 13.1. The molecule has 0 bridgehead atoms. The molecular weight excluding hydrogens is 200 g/mol. The van der Waals surface area contributed by atoms with Gasteiger partial charge in [-0.05, 0) is 39.1 Å². The normalized spacial score (nSPS) is 11.1. The first-order valence-electron chi connectivity index (χ1n) is 5.82. The molecule has 0 radical (unpaired) electrons. The van der Waals surface area contributed by atoms with Gasteiger partial charge in [-0.3, -0.25) is 0 Å². The number of aryl methyl sites for hydroxylation is 2. The van der Waals surface area contributed by atoms with Crippen molar-refractivity contribution >= 4 is 0 Å². The summed E-state index contributed by atoms with van der Waals surface area (Å²) in [5.74, 6) is 0. The molecule has 1 heterocycles. The van der Waals surface area contributed by atoms with Crippen LogP contribution in [0, 0.1) is 6.92 Å². The monoisotopic (exact) mass is 222 g/mol. The standard InChI is InChI=1S/C12H22N4/c1-5-12-11(8-10(2)14-15-12)9-16(4)7-6-13-3/h8,13H,5-7,9H2,1-4H3. The number of rotatable bonds is 6. The van der Waals surface area contributed by atoms with Crippen molar-refractivity contribution < 1.29 is 0 Å². The molecule has 16 heavy (non-hydrogen) atoms. The summed E-state index contributed by atoms with van der Waals surface area (Å²) < 4.78 is 0. The lowest BCUT2D eigenvalue weighted by Crippen LogP contribution is -2.27. The Morgan fingerprint density at radius 2 is 2.12 bits per heavy atom. The average Bonchev–Trinajstić information content (AvgIpc) is 2.27. The van der Waals surface area contributed by atoms with E-state index in [0.29, 0.717) is 0 Å². The molecule has 0 amide bonds. The predicted octanol–water partition coefficient (Wildman–Crippen LogP) is 0.999. The molecule has 4 heteroatoms. The van der Waals surface area contributed by atoms with E-state index in [4.69, 9.17) is 0 Å². The predicted molar refractivity (Wildman–Crippen MR) is 66.4 cm³/mol. The second kappa shape index (κ2) is 6.55. The Morgan fingerprint density at radius 3 is 2.75 bits per heavy atom. The Bertz CT molecular complexity index is 325. The number of likely N-dealkylation sites (N-methyl/N-ethyl adjacent to an activating group) is 2. The van der Waals surface area contributed by atoms with Crippen molar-refractivity contribution in [1.29, 1.82) is 0 Å². The van der Waals surface area contributed by atoms with E-state index in [1.54, 1.807) is 0 Å². The number of hydrogen-bond donors (Lipinski definition) is 1. The third-order valence-corrected chi connectivity index (χ3v) is 2.60. The number of nitrogens with zero attached hydrogens (tertiary/aromatic N) is 3. The molecule has 0 spiro atoms. The van der Waals surface area contributed by atoms with Gasteiger partial charge in [0.1, 0.15) is 0 Å². The second-order valence-electron chi connectivity index (χ2n) is 4.15. The van der Waals surface area contributed by atoms with Gasteiger partial charge in [-0.2, -0.15) is 10.2 Å². The van der Waals surface area contributed by atoms with Gasteiger partial charge in [-0.25, -0.2) is 0 Å². The van der Waals surface area contributed by atoms with Crippen molar-refractivity contribution in [2.24, 2.45) is 0 Å². The minimum atomic E-state index is 0.946. The van der Waals surface area contributed by atoms with Crippen LogP contribution in [0.5, 0.6) is 0 Å². The topological polar surface area (TPSA) is 41.1 Å². The van der Waals surface area contributed by atoms with Crippen LogP contribution in [0.25, 0.3) is 0 Å². The lowest BCUT2D eigenvalue weighted by atomic mass is 10.1. The molecule has 0 aliphatic carbocycles. The zero-order chi connectivity index (χ0) is 12.0. The molecular formula is C12H22N4. The van der Waals surface area contributed by atoms with Gasteiger partial charge in [0.2, 0.25) is 0 Å². The van der Waals surface area contributed by atoms with E-state index in [9.17, 15) is 0 Å². The Labute approximate surface area is 98.1 Å². The van der Waals surface area contributed by atoms with Gasteiger partial charge in [-0.15, -0.1) is 0 Å². The van der Waals surface area contributed by atoms with Crippen molar-refractivity contribution in [3.8, 4) is 0 Å². The Hall–Kier alpha value is -1.00. The first-order valence-corrected chi connectivity index (χ1v) is 5.82. The van der Waals surface area contributed by atoms with Gasteiger partial charge >= 0.3 is 0 Å². The molecule has 0 aromatic carbocycles. The summed E-state index contributed by atoms with van der Waals surface area (Å²) in [4.78, 5) is 2.30. The van der Waals surface area contributed by atoms with Crippen molar-refractivity contribution in [1.82, 2.24) is 20.4 Å². The SMILES string of the molecule is CCc1nnc(C)cc1CN(C)CCNC. The van der Waals surface area contributed by atoms with Crippen LogP contribution in [0.1, 0.15) is 23.9 Å². The lowest BCUT2D eigenvalue weighted by molar-refractivity contribution is 0.326. The quantitative estimate of drug-likeness (QED) is 0.779. The maximum Gasteiger partial charge on any atom is 0.0673 e. The summed E-state index contributed by atoms with van der Waals surface area (Å²) >= 11 is 0. The van der Waals surface area contributed by atoms with Gasteiger partial charge < -0.3 is 10.2 Å². The number of nitrogens with one attached hydrogen (secondary N) is 1. The molecule has 1 aromatic rings. The fourth-order valence-electron chi connectivity index (χ4n) is 1.67. The molecule has 0 aliphatic heterocycles. The van der Waals surface area contributed by atoms with Gasteiger partial charge in [0.25, 0.3) is 0 Å². The zero-order valence-corrected chi connectivity index (χ0v) is 10.7. The highest BCUT2D eigenvalue weighted by Crippen LogP contribution is 2.09. The van der Waals surface area contributed by atoms with Gasteiger partial charge in [0.05, 0.1) is 11.4 Å². The molecule has 0 saturated heterocycles. The van der Waals surface area contributed by atoms with Gasteiger partial charge in [-0.1, -0.05) is 6.92 Å². The number of aromatic nitrogens is 2. The smallest absolute Gasteiger partial charge is 0.0673 e. The van der Waals surface area contributed by atoms with E-state index in [0.717, 1.165) is 37.4 Å². The van der Waals surface area contributed by atoms with Crippen LogP contribution < -0.4 is 5.32 Å². The van der Waals surface area contributed by atoms with Crippen molar-refractivity contribution in [3.05, 3.63) is 23.0 Å². The Kier molecular flexibility index (Phi) is 5.35. The molecule has 1 aromatic heterocycles. The summed E-state index contributed by atoms with van der Waals surface area (Å²) in [6.07, 6.45) is 0.947. The van der Waals surface area contributed by atoms with Crippen LogP contribution >= 0.6 is 0 Å². The molecule has 0 aliphatic rings. The van der Waals surface area contributed by atoms with E-state index in [-0.39, 0.29) is 0 Å².